The number of rotatable bonds is 8. The van der Waals surface area contributed by atoms with Gasteiger partial charge < -0.3 is 21.5 Å². The molecule has 0 heterocycles. The van der Waals surface area contributed by atoms with Crippen LogP contribution in [0.3, 0.4) is 0 Å². The van der Waals surface area contributed by atoms with Gasteiger partial charge in [-0.15, -0.1) is 0 Å². The van der Waals surface area contributed by atoms with Crippen LogP contribution in [0.1, 0.15) is 6.92 Å². The molecule has 0 spiro atoms. The standard InChI is InChI=1S/C8H17N3O3/c1-6(8(10)13)4-11-2-3-14-5-7(9)12/h6,11H,2-5H2,1H3,(H2,9,12)(H2,10,13). The van der Waals surface area contributed by atoms with Gasteiger partial charge in [-0.3, -0.25) is 9.59 Å². The van der Waals surface area contributed by atoms with Crippen molar-refractivity contribution in [3.63, 3.8) is 0 Å². The fourth-order valence-electron chi connectivity index (χ4n) is 0.736. The van der Waals surface area contributed by atoms with E-state index in [-0.39, 0.29) is 18.4 Å². The van der Waals surface area contributed by atoms with Gasteiger partial charge >= 0.3 is 0 Å². The van der Waals surface area contributed by atoms with Crippen LogP contribution in [-0.4, -0.2) is 38.1 Å². The third kappa shape index (κ3) is 7.51. The zero-order chi connectivity index (χ0) is 11.0. The molecule has 1 unspecified atom stereocenters. The fraction of sp³-hybridized carbons (Fsp3) is 0.750. The summed E-state index contributed by atoms with van der Waals surface area (Å²) in [5, 5.41) is 2.96. The Hall–Kier alpha value is -1.14. The Morgan fingerprint density at radius 3 is 2.57 bits per heavy atom. The summed E-state index contributed by atoms with van der Waals surface area (Å²) in [6, 6.07) is 0. The first kappa shape index (κ1) is 12.9. The number of ether oxygens (including phenoxy) is 1. The average Bonchev–Trinajstić information content (AvgIpc) is 2.09. The van der Waals surface area contributed by atoms with Gasteiger partial charge in [-0.1, -0.05) is 6.92 Å². The van der Waals surface area contributed by atoms with Crippen LogP contribution in [0.5, 0.6) is 0 Å². The van der Waals surface area contributed by atoms with Crippen LogP contribution in [0.2, 0.25) is 0 Å². The monoisotopic (exact) mass is 203 g/mol. The summed E-state index contributed by atoms with van der Waals surface area (Å²) < 4.78 is 4.88. The molecule has 5 N–H and O–H groups in total. The second-order valence-electron chi connectivity index (χ2n) is 3.03. The summed E-state index contributed by atoms with van der Waals surface area (Å²) in [6.45, 7) is 3.11. The van der Waals surface area contributed by atoms with E-state index in [1.54, 1.807) is 6.92 Å². The lowest BCUT2D eigenvalue weighted by molar-refractivity contribution is -0.122. The first-order valence-corrected chi connectivity index (χ1v) is 4.40. The summed E-state index contributed by atoms with van der Waals surface area (Å²) >= 11 is 0. The molecule has 0 saturated heterocycles. The first-order valence-electron chi connectivity index (χ1n) is 4.40. The van der Waals surface area contributed by atoms with Gasteiger partial charge in [-0.25, -0.2) is 0 Å². The zero-order valence-corrected chi connectivity index (χ0v) is 8.29. The molecule has 0 aliphatic carbocycles. The Kier molecular flexibility index (Phi) is 6.69. The maximum absolute atomic E-state index is 10.6. The molecule has 0 aromatic heterocycles. The Morgan fingerprint density at radius 1 is 1.43 bits per heavy atom. The molecule has 0 radical (unpaired) electrons. The summed E-state index contributed by atoms with van der Waals surface area (Å²) in [6.07, 6.45) is 0. The Balaban J connectivity index is 3.21. The Morgan fingerprint density at radius 2 is 2.07 bits per heavy atom. The normalized spacial score (nSPS) is 12.4. The van der Waals surface area contributed by atoms with Crippen molar-refractivity contribution in [3.05, 3.63) is 0 Å². The van der Waals surface area contributed by atoms with Gasteiger partial charge in [0.25, 0.3) is 0 Å². The van der Waals surface area contributed by atoms with Crippen LogP contribution < -0.4 is 16.8 Å². The van der Waals surface area contributed by atoms with E-state index in [2.05, 4.69) is 5.32 Å². The quantitative estimate of drug-likeness (QED) is 0.404. The predicted molar refractivity (Wildman–Crippen MR) is 51.2 cm³/mol. The maximum Gasteiger partial charge on any atom is 0.243 e. The molecule has 6 heteroatoms. The molecule has 0 rings (SSSR count). The van der Waals surface area contributed by atoms with Crippen LogP contribution in [0, 0.1) is 5.92 Å². The molecule has 0 aliphatic rings. The van der Waals surface area contributed by atoms with Gasteiger partial charge in [0.05, 0.1) is 6.61 Å². The summed E-state index contributed by atoms with van der Waals surface area (Å²) in [5.74, 6) is -1.03. The van der Waals surface area contributed by atoms with Crippen LogP contribution in [0.15, 0.2) is 0 Å². The van der Waals surface area contributed by atoms with Gasteiger partial charge in [0.15, 0.2) is 0 Å². The highest BCUT2D eigenvalue weighted by Crippen LogP contribution is 1.88. The van der Waals surface area contributed by atoms with Crippen molar-refractivity contribution in [2.24, 2.45) is 17.4 Å². The van der Waals surface area contributed by atoms with Crippen LogP contribution >= 0.6 is 0 Å². The van der Waals surface area contributed by atoms with Crippen molar-refractivity contribution in [2.45, 2.75) is 6.92 Å². The van der Waals surface area contributed by atoms with Crippen LogP contribution in [-0.2, 0) is 14.3 Å². The molecule has 0 fully saturated rings. The number of nitrogens with two attached hydrogens (primary N) is 2. The highest BCUT2D eigenvalue weighted by molar-refractivity contribution is 5.76. The van der Waals surface area contributed by atoms with Crippen LogP contribution in [0.25, 0.3) is 0 Å². The number of hydrogen-bond acceptors (Lipinski definition) is 4. The van der Waals surface area contributed by atoms with E-state index >= 15 is 0 Å². The van der Waals surface area contributed by atoms with Gasteiger partial charge in [0, 0.05) is 19.0 Å². The van der Waals surface area contributed by atoms with E-state index in [9.17, 15) is 9.59 Å². The van der Waals surface area contributed by atoms with Gasteiger partial charge in [-0.05, 0) is 0 Å². The Labute approximate surface area is 83.0 Å². The number of amides is 2. The topological polar surface area (TPSA) is 107 Å². The van der Waals surface area contributed by atoms with E-state index in [0.29, 0.717) is 19.7 Å². The minimum absolute atomic E-state index is 0.0763. The first-order chi connectivity index (χ1) is 6.54. The second kappa shape index (κ2) is 7.28. The molecule has 0 saturated carbocycles. The number of nitrogens with one attached hydrogen (secondary N) is 1. The van der Waals surface area contributed by atoms with Crippen molar-refractivity contribution >= 4 is 11.8 Å². The number of hydrogen-bond donors (Lipinski definition) is 3. The lowest BCUT2D eigenvalue weighted by Crippen LogP contribution is -2.33. The molecule has 0 aromatic carbocycles. The van der Waals surface area contributed by atoms with Gasteiger partial charge in [0.1, 0.15) is 6.61 Å². The molecule has 0 aromatic rings. The highest BCUT2D eigenvalue weighted by Gasteiger charge is 2.06. The smallest absolute Gasteiger partial charge is 0.243 e. The number of carbonyl (C=O) groups is 2. The molecule has 82 valence electrons. The minimum Gasteiger partial charge on any atom is -0.370 e. The Bertz CT molecular complexity index is 196. The van der Waals surface area contributed by atoms with E-state index < -0.39 is 5.91 Å². The van der Waals surface area contributed by atoms with Crippen molar-refractivity contribution in [1.82, 2.24) is 5.32 Å². The molecule has 0 bridgehead atoms. The third-order valence-electron chi connectivity index (χ3n) is 1.60. The summed E-state index contributed by atoms with van der Waals surface area (Å²) in [7, 11) is 0. The molecule has 14 heavy (non-hydrogen) atoms. The summed E-state index contributed by atoms with van der Waals surface area (Å²) in [5.41, 5.74) is 9.89. The molecule has 1 atom stereocenters. The average molecular weight is 203 g/mol. The summed E-state index contributed by atoms with van der Waals surface area (Å²) in [4.78, 5) is 20.8. The number of carbonyl (C=O) groups excluding carboxylic acids is 2. The van der Waals surface area contributed by atoms with E-state index in [0.717, 1.165) is 0 Å². The van der Waals surface area contributed by atoms with E-state index in [1.165, 1.54) is 0 Å². The van der Waals surface area contributed by atoms with Crippen molar-refractivity contribution in [1.29, 1.82) is 0 Å². The van der Waals surface area contributed by atoms with Crippen molar-refractivity contribution in [2.75, 3.05) is 26.3 Å². The van der Waals surface area contributed by atoms with Crippen LogP contribution in [0.4, 0.5) is 0 Å². The minimum atomic E-state index is -0.490. The second-order valence-corrected chi connectivity index (χ2v) is 3.03. The molecule has 2 amide bonds. The largest absolute Gasteiger partial charge is 0.370 e. The van der Waals surface area contributed by atoms with E-state index in [1.807, 2.05) is 0 Å². The third-order valence-corrected chi connectivity index (χ3v) is 1.60. The fourth-order valence-corrected chi connectivity index (χ4v) is 0.736. The molecular formula is C8H17N3O3. The SMILES string of the molecule is CC(CNCCOCC(N)=O)C(N)=O. The van der Waals surface area contributed by atoms with Crippen molar-refractivity contribution < 1.29 is 14.3 Å². The number of primary amides is 2. The van der Waals surface area contributed by atoms with Crippen molar-refractivity contribution in [3.8, 4) is 0 Å². The lowest BCUT2D eigenvalue weighted by Gasteiger charge is -2.08. The van der Waals surface area contributed by atoms with Gasteiger partial charge in [0.2, 0.25) is 11.8 Å². The molecule has 6 nitrogen and oxygen atoms in total. The van der Waals surface area contributed by atoms with E-state index in [4.69, 9.17) is 16.2 Å². The lowest BCUT2D eigenvalue weighted by atomic mass is 10.2. The van der Waals surface area contributed by atoms with Gasteiger partial charge in [-0.2, -0.15) is 0 Å². The molecular weight excluding hydrogens is 186 g/mol. The zero-order valence-electron chi connectivity index (χ0n) is 8.29. The predicted octanol–water partition coefficient (Wildman–Crippen LogP) is -1.80. The highest BCUT2D eigenvalue weighted by atomic mass is 16.5. The maximum atomic E-state index is 10.6. The molecule has 0 aliphatic heterocycles.